The Morgan fingerprint density at radius 2 is 2.09 bits per heavy atom. The number of rotatable bonds is 6. The van der Waals surface area contributed by atoms with Gasteiger partial charge in [-0.1, -0.05) is 24.3 Å². The van der Waals surface area contributed by atoms with Crippen molar-refractivity contribution >= 4 is 5.91 Å². The van der Waals surface area contributed by atoms with Gasteiger partial charge in [0.1, 0.15) is 5.75 Å². The number of nitrogens with one attached hydrogen (secondary N) is 1. The highest BCUT2D eigenvalue weighted by atomic mass is 16.5. The second-order valence-corrected chi connectivity index (χ2v) is 5.70. The summed E-state index contributed by atoms with van der Waals surface area (Å²) in [6.07, 6.45) is 4.34. The first-order valence-electron chi connectivity index (χ1n) is 7.62. The third-order valence-corrected chi connectivity index (χ3v) is 3.79. The van der Waals surface area contributed by atoms with Crippen molar-refractivity contribution in [3.05, 3.63) is 59.4 Å². The number of pyridine rings is 1. The lowest BCUT2D eigenvalue weighted by Crippen LogP contribution is -2.28. The summed E-state index contributed by atoms with van der Waals surface area (Å²) in [4.78, 5) is 16.3. The molecule has 114 valence electrons. The van der Waals surface area contributed by atoms with Crippen molar-refractivity contribution in [1.82, 2.24) is 10.3 Å². The molecule has 0 aliphatic heterocycles. The van der Waals surface area contributed by atoms with Gasteiger partial charge in [0, 0.05) is 24.4 Å². The molecule has 1 heterocycles. The molecule has 1 saturated carbocycles. The van der Waals surface area contributed by atoms with Gasteiger partial charge in [0.15, 0.2) is 6.61 Å². The maximum atomic E-state index is 11.8. The molecule has 0 saturated heterocycles. The Morgan fingerprint density at radius 3 is 2.77 bits per heavy atom. The summed E-state index contributed by atoms with van der Waals surface area (Å²) >= 11 is 0. The molecule has 0 spiro atoms. The number of aromatic nitrogens is 1. The predicted octanol–water partition coefficient (Wildman–Crippen LogP) is 2.96. The standard InChI is InChI=1S/C18H20N2O2/c1-13-4-2-3-5-17(13)22-12-18(21)20-11-14-6-9-16(19-10-14)15-7-8-15/h2-6,9-10,15H,7-8,11-12H2,1H3,(H,20,21). The average molecular weight is 296 g/mol. The predicted molar refractivity (Wildman–Crippen MR) is 84.7 cm³/mol. The highest BCUT2D eigenvalue weighted by molar-refractivity contribution is 5.77. The molecular formula is C18H20N2O2. The SMILES string of the molecule is Cc1ccccc1OCC(=O)NCc1ccc(C2CC2)nc1. The Bertz CT molecular complexity index is 648. The Balaban J connectivity index is 1.44. The van der Waals surface area contributed by atoms with Gasteiger partial charge in [0.05, 0.1) is 0 Å². The van der Waals surface area contributed by atoms with Crippen LogP contribution in [0.25, 0.3) is 0 Å². The van der Waals surface area contributed by atoms with E-state index in [1.807, 2.05) is 43.5 Å². The summed E-state index contributed by atoms with van der Waals surface area (Å²) in [5.41, 5.74) is 3.20. The minimum absolute atomic E-state index is 0.0262. The van der Waals surface area contributed by atoms with Crippen molar-refractivity contribution in [2.45, 2.75) is 32.2 Å². The zero-order valence-corrected chi connectivity index (χ0v) is 12.7. The van der Waals surface area contributed by atoms with Gasteiger partial charge in [0.2, 0.25) is 0 Å². The molecule has 4 heteroatoms. The lowest BCUT2D eigenvalue weighted by atomic mass is 10.2. The molecule has 1 aliphatic rings. The first-order chi connectivity index (χ1) is 10.7. The molecule has 1 N–H and O–H groups in total. The fourth-order valence-electron chi connectivity index (χ4n) is 2.27. The first-order valence-corrected chi connectivity index (χ1v) is 7.62. The number of hydrogen-bond acceptors (Lipinski definition) is 3. The largest absolute Gasteiger partial charge is 0.484 e. The average Bonchev–Trinajstić information content (AvgIpc) is 3.37. The third-order valence-electron chi connectivity index (χ3n) is 3.79. The first kappa shape index (κ1) is 14.6. The van der Waals surface area contributed by atoms with Crippen molar-refractivity contribution < 1.29 is 9.53 Å². The van der Waals surface area contributed by atoms with E-state index in [0.29, 0.717) is 12.5 Å². The zero-order valence-electron chi connectivity index (χ0n) is 12.7. The summed E-state index contributed by atoms with van der Waals surface area (Å²) < 4.78 is 5.52. The molecule has 1 aromatic heterocycles. The van der Waals surface area contributed by atoms with E-state index in [9.17, 15) is 4.79 Å². The molecule has 2 aromatic rings. The molecule has 1 aromatic carbocycles. The monoisotopic (exact) mass is 296 g/mol. The van der Waals surface area contributed by atoms with Gasteiger partial charge in [-0.15, -0.1) is 0 Å². The summed E-state index contributed by atoms with van der Waals surface area (Å²) in [6, 6.07) is 11.8. The number of hydrogen-bond donors (Lipinski definition) is 1. The minimum atomic E-state index is -0.130. The van der Waals surface area contributed by atoms with E-state index in [4.69, 9.17) is 4.74 Å². The van der Waals surface area contributed by atoms with E-state index in [2.05, 4.69) is 16.4 Å². The molecule has 0 bridgehead atoms. The third kappa shape index (κ3) is 3.85. The lowest BCUT2D eigenvalue weighted by Gasteiger charge is -2.09. The van der Waals surface area contributed by atoms with Crippen LogP contribution in [0.5, 0.6) is 5.75 Å². The number of aryl methyl sites for hydroxylation is 1. The number of amides is 1. The van der Waals surface area contributed by atoms with Gasteiger partial charge in [-0.05, 0) is 43.0 Å². The smallest absolute Gasteiger partial charge is 0.258 e. The summed E-state index contributed by atoms with van der Waals surface area (Å²) in [5.74, 6) is 1.27. The van der Waals surface area contributed by atoms with Gasteiger partial charge in [0.25, 0.3) is 5.91 Å². The van der Waals surface area contributed by atoms with E-state index in [0.717, 1.165) is 22.6 Å². The molecule has 1 aliphatic carbocycles. The topological polar surface area (TPSA) is 51.2 Å². The molecule has 1 fully saturated rings. The number of nitrogens with zero attached hydrogens (tertiary/aromatic N) is 1. The number of ether oxygens (including phenoxy) is 1. The quantitative estimate of drug-likeness (QED) is 0.891. The molecule has 1 amide bonds. The van der Waals surface area contributed by atoms with E-state index >= 15 is 0 Å². The van der Waals surface area contributed by atoms with Crippen LogP contribution >= 0.6 is 0 Å². The van der Waals surface area contributed by atoms with Crippen LogP contribution in [0.15, 0.2) is 42.6 Å². The molecule has 0 radical (unpaired) electrons. The van der Waals surface area contributed by atoms with Crippen molar-refractivity contribution in [3.8, 4) is 5.75 Å². The van der Waals surface area contributed by atoms with E-state index in [1.165, 1.54) is 12.8 Å². The number of carbonyl (C=O) groups is 1. The second-order valence-electron chi connectivity index (χ2n) is 5.70. The molecular weight excluding hydrogens is 276 g/mol. The maximum Gasteiger partial charge on any atom is 0.258 e. The zero-order chi connectivity index (χ0) is 15.4. The van der Waals surface area contributed by atoms with Crippen molar-refractivity contribution in [1.29, 1.82) is 0 Å². The molecule has 4 nitrogen and oxygen atoms in total. The van der Waals surface area contributed by atoms with Crippen LogP contribution in [0, 0.1) is 6.92 Å². The van der Waals surface area contributed by atoms with Crippen molar-refractivity contribution in [3.63, 3.8) is 0 Å². The van der Waals surface area contributed by atoms with Crippen molar-refractivity contribution in [2.24, 2.45) is 0 Å². The van der Waals surface area contributed by atoms with Crippen LogP contribution in [0.1, 0.15) is 35.6 Å². The van der Waals surface area contributed by atoms with Crippen LogP contribution in [-0.2, 0) is 11.3 Å². The Kier molecular flexibility index (Phi) is 4.37. The van der Waals surface area contributed by atoms with Crippen LogP contribution in [0.2, 0.25) is 0 Å². The van der Waals surface area contributed by atoms with Gasteiger partial charge in [-0.3, -0.25) is 9.78 Å². The Morgan fingerprint density at radius 1 is 1.27 bits per heavy atom. The highest BCUT2D eigenvalue weighted by Crippen LogP contribution is 2.38. The van der Waals surface area contributed by atoms with E-state index < -0.39 is 0 Å². The minimum Gasteiger partial charge on any atom is -0.484 e. The van der Waals surface area contributed by atoms with Crippen LogP contribution in [0.3, 0.4) is 0 Å². The number of para-hydroxylation sites is 1. The molecule has 3 rings (SSSR count). The van der Waals surface area contributed by atoms with Crippen LogP contribution in [0.4, 0.5) is 0 Å². The van der Waals surface area contributed by atoms with Gasteiger partial charge >= 0.3 is 0 Å². The Hall–Kier alpha value is -2.36. The maximum absolute atomic E-state index is 11.8. The number of carbonyl (C=O) groups excluding carboxylic acids is 1. The lowest BCUT2D eigenvalue weighted by molar-refractivity contribution is -0.123. The fourth-order valence-corrected chi connectivity index (χ4v) is 2.27. The fraction of sp³-hybridized carbons (Fsp3) is 0.333. The van der Waals surface area contributed by atoms with Crippen LogP contribution in [-0.4, -0.2) is 17.5 Å². The van der Waals surface area contributed by atoms with Gasteiger partial charge in [-0.2, -0.15) is 0 Å². The summed E-state index contributed by atoms with van der Waals surface area (Å²) in [5, 5.41) is 2.85. The van der Waals surface area contributed by atoms with Crippen LogP contribution < -0.4 is 10.1 Å². The molecule has 0 atom stereocenters. The van der Waals surface area contributed by atoms with E-state index in [1.54, 1.807) is 0 Å². The number of benzene rings is 1. The summed E-state index contributed by atoms with van der Waals surface area (Å²) in [6.45, 7) is 2.46. The Labute approximate surface area is 130 Å². The van der Waals surface area contributed by atoms with Crippen molar-refractivity contribution in [2.75, 3.05) is 6.61 Å². The normalized spacial score (nSPS) is 13.7. The van der Waals surface area contributed by atoms with Gasteiger partial charge < -0.3 is 10.1 Å². The van der Waals surface area contributed by atoms with Gasteiger partial charge in [-0.25, -0.2) is 0 Å². The molecule has 22 heavy (non-hydrogen) atoms. The van der Waals surface area contributed by atoms with E-state index in [-0.39, 0.29) is 12.5 Å². The second kappa shape index (κ2) is 6.60. The highest BCUT2D eigenvalue weighted by Gasteiger charge is 2.24. The summed E-state index contributed by atoms with van der Waals surface area (Å²) in [7, 11) is 0. The molecule has 0 unspecified atom stereocenters.